The van der Waals surface area contributed by atoms with Crippen molar-refractivity contribution < 1.29 is 9.59 Å². The van der Waals surface area contributed by atoms with Crippen LogP contribution in [-0.2, 0) is 9.59 Å². The number of carbonyl (C=O) groups excluding carboxylic acids is 2. The molecule has 2 fully saturated rings. The zero-order valence-electron chi connectivity index (χ0n) is 12.0. The van der Waals surface area contributed by atoms with Crippen molar-refractivity contribution in [3.05, 3.63) is 0 Å². The SMILES string of the molecule is CCC1NC(=O)CCN(CC2CCCCN2C)C1=O. The molecule has 2 unspecified atom stereocenters. The van der Waals surface area contributed by atoms with Crippen molar-refractivity contribution in [1.29, 1.82) is 0 Å². The standard InChI is InChI=1S/C14H25N3O2/c1-3-12-14(19)17(9-7-13(18)15-12)10-11-6-4-5-8-16(11)2/h11-12H,3-10H2,1-2H3,(H,15,18). The maximum absolute atomic E-state index is 12.4. The first-order valence-electron chi connectivity index (χ1n) is 7.40. The average molecular weight is 267 g/mol. The van der Waals surface area contributed by atoms with E-state index in [1.807, 2.05) is 11.8 Å². The number of likely N-dealkylation sites (N-methyl/N-ethyl adjacent to an activating group) is 1. The minimum absolute atomic E-state index is 0.000279. The molecule has 2 aliphatic heterocycles. The van der Waals surface area contributed by atoms with E-state index in [0.717, 1.165) is 19.5 Å². The molecule has 0 radical (unpaired) electrons. The predicted molar refractivity (Wildman–Crippen MR) is 73.7 cm³/mol. The molecule has 2 heterocycles. The molecule has 5 heteroatoms. The van der Waals surface area contributed by atoms with Crippen molar-refractivity contribution in [2.45, 2.75) is 51.1 Å². The zero-order chi connectivity index (χ0) is 13.8. The van der Waals surface area contributed by atoms with Crippen molar-refractivity contribution in [2.75, 3.05) is 26.7 Å². The van der Waals surface area contributed by atoms with Crippen LogP contribution in [0.15, 0.2) is 0 Å². The fourth-order valence-corrected chi connectivity index (χ4v) is 2.98. The van der Waals surface area contributed by atoms with Crippen LogP contribution in [-0.4, -0.2) is 60.4 Å². The molecule has 0 bridgehead atoms. The molecule has 5 nitrogen and oxygen atoms in total. The fourth-order valence-electron chi connectivity index (χ4n) is 2.98. The predicted octanol–water partition coefficient (Wildman–Crippen LogP) is 0.598. The second-order valence-corrected chi connectivity index (χ2v) is 5.69. The van der Waals surface area contributed by atoms with Gasteiger partial charge in [0.05, 0.1) is 0 Å². The van der Waals surface area contributed by atoms with Gasteiger partial charge < -0.3 is 15.1 Å². The smallest absolute Gasteiger partial charge is 0.245 e. The lowest BCUT2D eigenvalue weighted by Crippen LogP contribution is -2.50. The summed E-state index contributed by atoms with van der Waals surface area (Å²) in [6.45, 7) is 4.38. The Balaban J connectivity index is 2.00. The van der Waals surface area contributed by atoms with Gasteiger partial charge in [0.25, 0.3) is 0 Å². The van der Waals surface area contributed by atoms with E-state index in [1.165, 1.54) is 12.8 Å². The Morgan fingerprint density at radius 1 is 1.26 bits per heavy atom. The van der Waals surface area contributed by atoms with Crippen molar-refractivity contribution in [3.8, 4) is 0 Å². The lowest BCUT2D eigenvalue weighted by molar-refractivity contribution is -0.134. The Morgan fingerprint density at radius 3 is 2.74 bits per heavy atom. The number of rotatable bonds is 3. The lowest BCUT2D eigenvalue weighted by atomic mass is 10.0. The van der Waals surface area contributed by atoms with Gasteiger partial charge in [0, 0.05) is 25.6 Å². The van der Waals surface area contributed by atoms with Gasteiger partial charge in [0.2, 0.25) is 11.8 Å². The maximum atomic E-state index is 12.4. The Kier molecular flexibility index (Phi) is 4.80. The highest BCUT2D eigenvalue weighted by Gasteiger charge is 2.31. The molecule has 2 aliphatic rings. The van der Waals surface area contributed by atoms with Crippen LogP contribution in [0.3, 0.4) is 0 Å². The van der Waals surface area contributed by atoms with Gasteiger partial charge in [-0.15, -0.1) is 0 Å². The van der Waals surface area contributed by atoms with Crippen LogP contribution in [0.25, 0.3) is 0 Å². The van der Waals surface area contributed by atoms with E-state index in [2.05, 4.69) is 17.3 Å². The molecule has 1 N–H and O–H groups in total. The second-order valence-electron chi connectivity index (χ2n) is 5.69. The molecule has 2 saturated heterocycles. The Labute approximate surface area is 115 Å². The van der Waals surface area contributed by atoms with Crippen LogP contribution in [0, 0.1) is 0 Å². The van der Waals surface area contributed by atoms with E-state index in [4.69, 9.17) is 0 Å². The van der Waals surface area contributed by atoms with E-state index in [1.54, 1.807) is 0 Å². The van der Waals surface area contributed by atoms with E-state index < -0.39 is 0 Å². The second kappa shape index (κ2) is 6.37. The van der Waals surface area contributed by atoms with E-state index in [0.29, 0.717) is 25.4 Å². The van der Waals surface area contributed by atoms with Crippen LogP contribution in [0.5, 0.6) is 0 Å². The van der Waals surface area contributed by atoms with Crippen molar-refractivity contribution >= 4 is 11.8 Å². The average Bonchev–Trinajstić information content (AvgIpc) is 2.54. The molecule has 2 amide bonds. The molecule has 19 heavy (non-hydrogen) atoms. The molecular weight excluding hydrogens is 242 g/mol. The summed E-state index contributed by atoms with van der Waals surface area (Å²) >= 11 is 0. The minimum Gasteiger partial charge on any atom is -0.344 e. The normalized spacial score (nSPS) is 30.1. The topological polar surface area (TPSA) is 52.7 Å². The molecular formula is C14H25N3O2. The molecule has 2 rings (SSSR count). The number of likely N-dealkylation sites (tertiary alicyclic amines) is 1. The highest BCUT2D eigenvalue weighted by atomic mass is 16.2. The van der Waals surface area contributed by atoms with Gasteiger partial charge in [0.1, 0.15) is 6.04 Å². The van der Waals surface area contributed by atoms with Crippen LogP contribution in [0.4, 0.5) is 0 Å². The monoisotopic (exact) mass is 267 g/mol. The molecule has 0 spiro atoms. The van der Waals surface area contributed by atoms with Crippen molar-refractivity contribution in [1.82, 2.24) is 15.1 Å². The summed E-state index contributed by atoms with van der Waals surface area (Å²) < 4.78 is 0. The molecule has 0 aromatic heterocycles. The van der Waals surface area contributed by atoms with Gasteiger partial charge in [-0.05, 0) is 32.9 Å². The van der Waals surface area contributed by atoms with Crippen molar-refractivity contribution in [2.24, 2.45) is 0 Å². The van der Waals surface area contributed by atoms with Gasteiger partial charge in [-0.3, -0.25) is 9.59 Å². The van der Waals surface area contributed by atoms with E-state index in [9.17, 15) is 9.59 Å². The van der Waals surface area contributed by atoms with Crippen LogP contribution >= 0.6 is 0 Å². The third kappa shape index (κ3) is 3.47. The summed E-state index contributed by atoms with van der Waals surface area (Å²) in [5, 5.41) is 2.81. The number of amides is 2. The number of piperidine rings is 1. The highest BCUT2D eigenvalue weighted by molar-refractivity contribution is 5.89. The first-order chi connectivity index (χ1) is 9.11. The summed E-state index contributed by atoms with van der Waals surface area (Å²) in [4.78, 5) is 28.2. The minimum atomic E-state index is -0.330. The molecule has 0 saturated carbocycles. The third-order valence-electron chi connectivity index (χ3n) is 4.31. The van der Waals surface area contributed by atoms with Crippen molar-refractivity contribution in [3.63, 3.8) is 0 Å². The number of carbonyl (C=O) groups is 2. The summed E-state index contributed by atoms with van der Waals surface area (Å²) in [5.74, 6) is 0.0898. The van der Waals surface area contributed by atoms with Crippen LogP contribution in [0.2, 0.25) is 0 Å². The quantitative estimate of drug-likeness (QED) is 0.814. The summed E-state index contributed by atoms with van der Waals surface area (Å²) in [5.41, 5.74) is 0. The summed E-state index contributed by atoms with van der Waals surface area (Å²) in [6.07, 6.45) is 4.74. The summed E-state index contributed by atoms with van der Waals surface area (Å²) in [6, 6.07) is 0.118. The largest absolute Gasteiger partial charge is 0.344 e. The molecule has 0 aromatic carbocycles. The number of hydrogen-bond donors (Lipinski definition) is 1. The van der Waals surface area contributed by atoms with E-state index >= 15 is 0 Å². The van der Waals surface area contributed by atoms with E-state index in [-0.39, 0.29) is 17.9 Å². The third-order valence-corrected chi connectivity index (χ3v) is 4.31. The number of hydrogen-bond acceptors (Lipinski definition) is 3. The van der Waals surface area contributed by atoms with Crippen LogP contribution in [0.1, 0.15) is 39.0 Å². The first-order valence-corrected chi connectivity index (χ1v) is 7.40. The Hall–Kier alpha value is -1.10. The molecule has 108 valence electrons. The molecule has 0 aliphatic carbocycles. The number of nitrogens with zero attached hydrogens (tertiary/aromatic N) is 2. The molecule has 0 aromatic rings. The van der Waals surface area contributed by atoms with Gasteiger partial charge in [-0.2, -0.15) is 0 Å². The van der Waals surface area contributed by atoms with Gasteiger partial charge in [0.15, 0.2) is 0 Å². The van der Waals surface area contributed by atoms with Gasteiger partial charge in [-0.25, -0.2) is 0 Å². The lowest BCUT2D eigenvalue weighted by Gasteiger charge is -2.36. The molecule has 2 atom stereocenters. The summed E-state index contributed by atoms with van der Waals surface area (Å²) in [7, 11) is 2.13. The fraction of sp³-hybridized carbons (Fsp3) is 0.857. The number of nitrogens with one attached hydrogen (secondary N) is 1. The Bertz CT molecular complexity index is 346. The Morgan fingerprint density at radius 2 is 2.05 bits per heavy atom. The maximum Gasteiger partial charge on any atom is 0.245 e. The van der Waals surface area contributed by atoms with Gasteiger partial charge in [-0.1, -0.05) is 13.3 Å². The van der Waals surface area contributed by atoms with Gasteiger partial charge >= 0.3 is 0 Å². The zero-order valence-corrected chi connectivity index (χ0v) is 12.0. The highest BCUT2D eigenvalue weighted by Crippen LogP contribution is 2.17. The van der Waals surface area contributed by atoms with Crippen LogP contribution < -0.4 is 5.32 Å². The first kappa shape index (κ1) is 14.3.